The number of nitrogens with one attached hydrogen (secondary N) is 2. The molecule has 1 aliphatic rings. The fourth-order valence-electron chi connectivity index (χ4n) is 2.15. The van der Waals surface area contributed by atoms with Gasteiger partial charge in [0.05, 0.1) is 11.3 Å². The molecule has 0 bridgehead atoms. The molecule has 108 valence electrons. The highest BCUT2D eigenvalue weighted by molar-refractivity contribution is 7.98. The Morgan fingerprint density at radius 1 is 1.45 bits per heavy atom. The van der Waals surface area contributed by atoms with Crippen LogP contribution in [0.25, 0.3) is 0 Å². The predicted octanol–water partition coefficient (Wildman–Crippen LogP) is 2.64. The van der Waals surface area contributed by atoms with Crippen LogP contribution in [0, 0.1) is 10.1 Å². The molecule has 2 N–H and O–H groups in total. The number of anilines is 2. The standard InChI is InChI=1S/C13H17N3O3S/c1-20-5-3-2-4-14-11-8-10-9(7-13(17)15-10)6-12(11)16(18)19/h6,8,14H,2-5,7H2,1H3,(H,15,17). The van der Waals surface area contributed by atoms with E-state index in [0.717, 1.165) is 18.6 Å². The Morgan fingerprint density at radius 3 is 2.95 bits per heavy atom. The van der Waals surface area contributed by atoms with Crippen molar-refractivity contribution in [3.8, 4) is 0 Å². The number of nitro groups is 1. The number of amides is 1. The first-order valence-corrected chi connectivity index (χ1v) is 7.85. The molecule has 1 aromatic rings. The Kier molecular flexibility index (Phi) is 4.84. The van der Waals surface area contributed by atoms with Crippen molar-refractivity contribution in [2.75, 3.05) is 29.2 Å². The first kappa shape index (κ1) is 14.6. The number of hydrogen-bond acceptors (Lipinski definition) is 5. The van der Waals surface area contributed by atoms with Crippen molar-refractivity contribution in [3.05, 3.63) is 27.8 Å². The van der Waals surface area contributed by atoms with Gasteiger partial charge in [0.15, 0.2) is 0 Å². The van der Waals surface area contributed by atoms with Gasteiger partial charge in [-0.15, -0.1) is 0 Å². The van der Waals surface area contributed by atoms with Crippen LogP contribution in [-0.2, 0) is 11.2 Å². The Labute approximate surface area is 121 Å². The third-order valence-corrected chi connectivity index (χ3v) is 3.83. The average Bonchev–Trinajstić information content (AvgIpc) is 2.76. The minimum Gasteiger partial charge on any atom is -0.379 e. The maximum atomic E-state index is 11.3. The van der Waals surface area contributed by atoms with Crippen molar-refractivity contribution >= 4 is 34.7 Å². The average molecular weight is 295 g/mol. The Bertz CT molecular complexity index is 534. The van der Waals surface area contributed by atoms with E-state index in [-0.39, 0.29) is 18.0 Å². The summed E-state index contributed by atoms with van der Waals surface area (Å²) in [4.78, 5) is 22.0. The van der Waals surface area contributed by atoms with Crippen LogP contribution in [-0.4, -0.2) is 29.4 Å². The van der Waals surface area contributed by atoms with Gasteiger partial charge in [-0.2, -0.15) is 11.8 Å². The van der Waals surface area contributed by atoms with Crippen LogP contribution in [0.5, 0.6) is 0 Å². The largest absolute Gasteiger partial charge is 0.379 e. The fraction of sp³-hybridized carbons (Fsp3) is 0.462. The van der Waals surface area contributed by atoms with E-state index in [1.807, 2.05) is 0 Å². The molecule has 1 aromatic carbocycles. The summed E-state index contributed by atoms with van der Waals surface area (Å²) in [6, 6.07) is 3.14. The normalized spacial score (nSPS) is 12.9. The number of unbranched alkanes of at least 4 members (excludes halogenated alkanes) is 1. The summed E-state index contributed by atoms with van der Waals surface area (Å²) in [5, 5.41) is 16.9. The Hall–Kier alpha value is -1.76. The second-order valence-corrected chi connectivity index (χ2v) is 5.62. The predicted molar refractivity (Wildman–Crippen MR) is 81.5 cm³/mol. The molecule has 0 atom stereocenters. The summed E-state index contributed by atoms with van der Waals surface area (Å²) in [6.45, 7) is 0.689. The third-order valence-electron chi connectivity index (χ3n) is 3.13. The summed E-state index contributed by atoms with van der Waals surface area (Å²) in [5.74, 6) is 0.968. The third kappa shape index (κ3) is 3.41. The van der Waals surface area contributed by atoms with E-state index in [0.29, 0.717) is 23.5 Å². The van der Waals surface area contributed by atoms with Crippen LogP contribution in [0.1, 0.15) is 18.4 Å². The van der Waals surface area contributed by atoms with Crippen molar-refractivity contribution in [1.29, 1.82) is 0 Å². The van der Waals surface area contributed by atoms with Crippen LogP contribution in [0.2, 0.25) is 0 Å². The molecule has 0 spiro atoms. The van der Waals surface area contributed by atoms with Gasteiger partial charge in [-0.25, -0.2) is 0 Å². The summed E-state index contributed by atoms with van der Waals surface area (Å²) in [7, 11) is 0. The first-order chi connectivity index (χ1) is 9.61. The molecule has 6 nitrogen and oxygen atoms in total. The Morgan fingerprint density at radius 2 is 2.25 bits per heavy atom. The molecular formula is C13H17N3O3S. The molecule has 1 aliphatic heterocycles. The fourth-order valence-corrected chi connectivity index (χ4v) is 2.64. The number of benzene rings is 1. The van der Waals surface area contributed by atoms with E-state index in [4.69, 9.17) is 0 Å². The maximum Gasteiger partial charge on any atom is 0.292 e. The van der Waals surface area contributed by atoms with Gasteiger partial charge in [0, 0.05) is 18.3 Å². The molecular weight excluding hydrogens is 278 g/mol. The van der Waals surface area contributed by atoms with E-state index < -0.39 is 4.92 Å². The van der Waals surface area contributed by atoms with Gasteiger partial charge in [0.1, 0.15) is 5.69 Å². The highest BCUT2D eigenvalue weighted by Gasteiger charge is 2.24. The molecule has 20 heavy (non-hydrogen) atoms. The SMILES string of the molecule is CSCCCCNc1cc2c(cc1[N+](=O)[O-])CC(=O)N2. The van der Waals surface area contributed by atoms with Crippen molar-refractivity contribution in [1.82, 2.24) is 0 Å². The summed E-state index contributed by atoms with van der Waals surface area (Å²) < 4.78 is 0. The lowest BCUT2D eigenvalue weighted by molar-refractivity contribution is -0.384. The molecule has 1 heterocycles. The zero-order chi connectivity index (χ0) is 14.5. The summed E-state index contributed by atoms with van der Waals surface area (Å²) in [6.07, 6.45) is 4.30. The van der Waals surface area contributed by atoms with Crippen LogP contribution in [0.15, 0.2) is 12.1 Å². The van der Waals surface area contributed by atoms with Crippen LogP contribution in [0.4, 0.5) is 17.1 Å². The summed E-state index contributed by atoms with van der Waals surface area (Å²) >= 11 is 1.79. The summed E-state index contributed by atoms with van der Waals surface area (Å²) in [5.41, 5.74) is 1.87. The molecule has 0 aromatic heterocycles. The minimum atomic E-state index is -0.409. The van der Waals surface area contributed by atoms with Gasteiger partial charge in [0.25, 0.3) is 5.69 Å². The topological polar surface area (TPSA) is 84.3 Å². The number of nitro benzene ring substituents is 1. The van der Waals surface area contributed by atoms with E-state index in [1.165, 1.54) is 6.07 Å². The highest BCUT2D eigenvalue weighted by atomic mass is 32.2. The number of carbonyl (C=O) groups excluding carboxylic acids is 1. The number of hydrogen-bond donors (Lipinski definition) is 2. The molecule has 0 saturated heterocycles. The van der Waals surface area contributed by atoms with E-state index in [1.54, 1.807) is 17.8 Å². The second kappa shape index (κ2) is 6.60. The van der Waals surface area contributed by atoms with E-state index >= 15 is 0 Å². The molecule has 7 heteroatoms. The molecule has 1 amide bonds. The zero-order valence-corrected chi connectivity index (χ0v) is 12.1. The van der Waals surface area contributed by atoms with Crippen LogP contribution in [0.3, 0.4) is 0 Å². The first-order valence-electron chi connectivity index (χ1n) is 6.46. The lowest BCUT2D eigenvalue weighted by Crippen LogP contribution is -2.06. The molecule has 2 rings (SSSR count). The van der Waals surface area contributed by atoms with E-state index in [9.17, 15) is 14.9 Å². The van der Waals surface area contributed by atoms with Crippen LogP contribution >= 0.6 is 11.8 Å². The van der Waals surface area contributed by atoms with E-state index in [2.05, 4.69) is 16.9 Å². The number of thioether (sulfide) groups is 1. The zero-order valence-electron chi connectivity index (χ0n) is 11.3. The quantitative estimate of drug-likeness (QED) is 0.459. The minimum absolute atomic E-state index is 0.0325. The maximum absolute atomic E-state index is 11.3. The van der Waals surface area contributed by atoms with Crippen molar-refractivity contribution < 1.29 is 9.72 Å². The van der Waals surface area contributed by atoms with Gasteiger partial charge in [-0.3, -0.25) is 14.9 Å². The van der Waals surface area contributed by atoms with Gasteiger partial charge in [-0.05, 0) is 36.5 Å². The smallest absolute Gasteiger partial charge is 0.292 e. The molecule has 0 fully saturated rings. The van der Waals surface area contributed by atoms with Crippen molar-refractivity contribution in [2.45, 2.75) is 19.3 Å². The number of fused-ring (bicyclic) bond motifs is 1. The lowest BCUT2D eigenvalue weighted by atomic mass is 10.1. The van der Waals surface area contributed by atoms with Gasteiger partial charge >= 0.3 is 0 Å². The molecule has 0 unspecified atom stereocenters. The monoisotopic (exact) mass is 295 g/mol. The molecule has 0 aliphatic carbocycles. The lowest BCUT2D eigenvalue weighted by Gasteiger charge is -2.09. The second-order valence-electron chi connectivity index (χ2n) is 4.64. The Balaban J connectivity index is 2.09. The van der Waals surface area contributed by atoms with Gasteiger partial charge < -0.3 is 10.6 Å². The van der Waals surface area contributed by atoms with Gasteiger partial charge in [0.2, 0.25) is 5.91 Å². The number of rotatable bonds is 7. The number of nitrogens with zero attached hydrogens (tertiary/aromatic N) is 1. The van der Waals surface area contributed by atoms with Crippen LogP contribution < -0.4 is 10.6 Å². The van der Waals surface area contributed by atoms with Gasteiger partial charge in [-0.1, -0.05) is 0 Å². The highest BCUT2D eigenvalue weighted by Crippen LogP contribution is 2.34. The molecule has 0 radical (unpaired) electrons. The van der Waals surface area contributed by atoms with Crippen molar-refractivity contribution in [2.24, 2.45) is 0 Å². The molecule has 0 saturated carbocycles. The number of carbonyl (C=O) groups is 1. The van der Waals surface area contributed by atoms with Crippen molar-refractivity contribution in [3.63, 3.8) is 0 Å².